The first-order chi connectivity index (χ1) is 11.1. The second-order valence-electron chi connectivity index (χ2n) is 5.15. The highest BCUT2D eigenvalue weighted by molar-refractivity contribution is 6.01. The highest BCUT2D eigenvalue weighted by Crippen LogP contribution is 2.24. The predicted octanol–water partition coefficient (Wildman–Crippen LogP) is 2.76. The fraction of sp³-hybridized carbons (Fsp3) is 0.412. The number of carbonyl (C=O) groups excluding carboxylic acids is 2. The molecule has 1 heterocycles. The molecule has 0 spiro atoms. The van der Waals surface area contributed by atoms with Crippen molar-refractivity contribution in [3.63, 3.8) is 0 Å². The molecular formula is C17H22N2O4. The van der Waals surface area contributed by atoms with Gasteiger partial charge in [0.25, 0.3) is 0 Å². The molecule has 0 aliphatic heterocycles. The second kappa shape index (κ2) is 7.78. The molecule has 0 bridgehead atoms. The second-order valence-corrected chi connectivity index (χ2v) is 5.15. The summed E-state index contributed by atoms with van der Waals surface area (Å²) >= 11 is 0. The standard InChI is InChI=1S/C17H22N2O4/c1-3-5-8-23-16(20)11-6-7-14-12(9-11)13(10-18)15(19-14)17(21)22-4-2/h6-7,9,19H,3-5,8,10,18H2,1-2H3. The number of benzene rings is 1. The van der Waals surface area contributed by atoms with E-state index in [1.54, 1.807) is 25.1 Å². The van der Waals surface area contributed by atoms with Crippen LogP contribution in [0.5, 0.6) is 0 Å². The van der Waals surface area contributed by atoms with Crippen LogP contribution in [0.25, 0.3) is 10.9 Å². The van der Waals surface area contributed by atoms with Gasteiger partial charge in [-0.3, -0.25) is 0 Å². The SMILES string of the molecule is CCCCOC(=O)c1ccc2[nH]c(C(=O)OCC)c(CN)c2c1. The molecule has 0 radical (unpaired) electrons. The number of unbranched alkanes of at least 4 members (excludes halogenated alkanes) is 1. The number of H-pyrrole nitrogens is 1. The molecule has 0 aliphatic carbocycles. The summed E-state index contributed by atoms with van der Waals surface area (Å²) in [7, 11) is 0. The molecule has 0 saturated heterocycles. The van der Waals surface area contributed by atoms with Crippen LogP contribution in [0.2, 0.25) is 0 Å². The molecule has 124 valence electrons. The van der Waals surface area contributed by atoms with Gasteiger partial charge in [0.15, 0.2) is 0 Å². The van der Waals surface area contributed by atoms with E-state index < -0.39 is 5.97 Å². The first-order valence-electron chi connectivity index (χ1n) is 7.81. The summed E-state index contributed by atoms with van der Waals surface area (Å²) in [6.07, 6.45) is 1.80. The van der Waals surface area contributed by atoms with Gasteiger partial charge in [-0.25, -0.2) is 9.59 Å². The third kappa shape index (κ3) is 3.71. The zero-order valence-corrected chi connectivity index (χ0v) is 13.5. The lowest BCUT2D eigenvalue weighted by molar-refractivity contribution is 0.0496. The van der Waals surface area contributed by atoms with Crippen LogP contribution in [0, 0.1) is 0 Å². The number of hydrogen-bond acceptors (Lipinski definition) is 5. The van der Waals surface area contributed by atoms with Gasteiger partial charge in [-0.15, -0.1) is 0 Å². The first kappa shape index (κ1) is 17.0. The topological polar surface area (TPSA) is 94.4 Å². The fourth-order valence-electron chi connectivity index (χ4n) is 2.36. The van der Waals surface area contributed by atoms with Gasteiger partial charge >= 0.3 is 11.9 Å². The van der Waals surface area contributed by atoms with E-state index in [1.807, 2.05) is 6.92 Å². The molecule has 6 nitrogen and oxygen atoms in total. The summed E-state index contributed by atoms with van der Waals surface area (Å²) in [4.78, 5) is 27.0. The smallest absolute Gasteiger partial charge is 0.355 e. The van der Waals surface area contributed by atoms with Crippen molar-refractivity contribution in [2.24, 2.45) is 5.73 Å². The maximum atomic E-state index is 12.1. The highest BCUT2D eigenvalue weighted by Gasteiger charge is 2.19. The van der Waals surface area contributed by atoms with Gasteiger partial charge in [0.2, 0.25) is 0 Å². The van der Waals surface area contributed by atoms with Crippen LogP contribution in [-0.2, 0) is 16.0 Å². The van der Waals surface area contributed by atoms with Crippen molar-refractivity contribution in [3.8, 4) is 0 Å². The Balaban J connectivity index is 2.34. The molecular weight excluding hydrogens is 296 g/mol. The molecule has 0 atom stereocenters. The molecule has 23 heavy (non-hydrogen) atoms. The molecule has 0 fully saturated rings. The quantitative estimate of drug-likeness (QED) is 0.604. The summed E-state index contributed by atoms with van der Waals surface area (Å²) in [5, 5.41) is 0.737. The molecule has 1 aromatic heterocycles. The summed E-state index contributed by atoms with van der Waals surface area (Å²) in [6, 6.07) is 5.11. The van der Waals surface area contributed by atoms with Crippen LogP contribution in [0.1, 0.15) is 53.1 Å². The van der Waals surface area contributed by atoms with E-state index in [4.69, 9.17) is 15.2 Å². The van der Waals surface area contributed by atoms with Crippen LogP contribution in [0.3, 0.4) is 0 Å². The van der Waals surface area contributed by atoms with Crippen molar-refractivity contribution in [1.29, 1.82) is 0 Å². The Hall–Kier alpha value is -2.34. The zero-order chi connectivity index (χ0) is 16.8. The Morgan fingerprint density at radius 3 is 2.61 bits per heavy atom. The monoisotopic (exact) mass is 318 g/mol. The first-order valence-corrected chi connectivity index (χ1v) is 7.81. The van der Waals surface area contributed by atoms with E-state index in [1.165, 1.54) is 0 Å². The van der Waals surface area contributed by atoms with Gasteiger partial charge < -0.3 is 20.2 Å². The van der Waals surface area contributed by atoms with E-state index in [-0.39, 0.29) is 19.1 Å². The maximum absolute atomic E-state index is 12.1. The number of esters is 2. The molecule has 2 aromatic rings. The van der Waals surface area contributed by atoms with E-state index in [2.05, 4.69) is 4.98 Å². The van der Waals surface area contributed by atoms with Crippen molar-refractivity contribution < 1.29 is 19.1 Å². The van der Waals surface area contributed by atoms with E-state index in [0.29, 0.717) is 23.4 Å². The molecule has 0 unspecified atom stereocenters. The summed E-state index contributed by atoms with van der Waals surface area (Å²) in [6.45, 7) is 4.63. The average Bonchev–Trinajstić information content (AvgIpc) is 2.92. The lowest BCUT2D eigenvalue weighted by Crippen LogP contribution is -2.10. The van der Waals surface area contributed by atoms with Gasteiger partial charge in [0.05, 0.1) is 18.8 Å². The summed E-state index contributed by atoms with van der Waals surface area (Å²) in [5.41, 5.74) is 7.93. The predicted molar refractivity (Wildman–Crippen MR) is 87.3 cm³/mol. The zero-order valence-electron chi connectivity index (χ0n) is 13.5. The van der Waals surface area contributed by atoms with Crippen LogP contribution < -0.4 is 5.73 Å². The molecule has 1 aromatic carbocycles. The Morgan fingerprint density at radius 2 is 1.96 bits per heavy atom. The van der Waals surface area contributed by atoms with Crippen LogP contribution in [0.15, 0.2) is 18.2 Å². The third-order valence-electron chi connectivity index (χ3n) is 3.56. The Labute approximate surface area is 134 Å². The van der Waals surface area contributed by atoms with Crippen LogP contribution in [-0.4, -0.2) is 30.1 Å². The molecule has 0 aliphatic rings. The lowest BCUT2D eigenvalue weighted by Gasteiger charge is -2.04. The Bertz CT molecular complexity index is 706. The highest BCUT2D eigenvalue weighted by atomic mass is 16.5. The Morgan fingerprint density at radius 1 is 1.17 bits per heavy atom. The number of rotatable bonds is 7. The number of carbonyl (C=O) groups is 2. The third-order valence-corrected chi connectivity index (χ3v) is 3.56. The molecule has 0 saturated carbocycles. The number of nitrogens with one attached hydrogen (secondary N) is 1. The Kier molecular flexibility index (Phi) is 5.76. The van der Waals surface area contributed by atoms with Crippen molar-refractivity contribution >= 4 is 22.8 Å². The van der Waals surface area contributed by atoms with Gasteiger partial charge in [-0.2, -0.15) is 0 Å². The number of hydrogen-bond donors (Lipinski definition) is 2. The minimum atomic E-state index is -0.448. The number of aromatic amines is 1. The molecule has 0 amide bonds. The van der Waals surface area contributed by atoms with Crippen LogP contribution in [0.4, 0.5) is 0 Å². The molecule has 3 N–H and O–H groups in total. The number of fused-ring (bicyclic) bond motifs is 1. The molecule has 6 heteroatoms. The van der Waals surface area contributed by atoms with Crippen molar-refractivity contribution in [1.82, 2.24) is 4.98 Å². The molecule has 2 rings (SSSR count). The van der Waals surface area contributed by atoms with E-state index >= 15 is 0 Å². The van der Waals surface area contributed by atoms with Gasteiger partial charge in [0.1, 0.15) is 5.69 Å². The van der Waals surface area contributed by atoms with Crippen molar-refractivity contribution in [3.05, 3.63) is 35.0 Å². The number of ether oxygens (including phenoxy) is 2. The largest absolute Gasteiger partial charge is 0.462 e. The minimum absolute atomic E-state index is 0.169. The number of aromatic nitrogens is 1. The number of nitrogens with two attached hydrogens (primary N) is 1. The average molecular weight is 318 g/mol. The summed E-state index contributed by atoms with van der Waals surface area (Å²) < 4.78 is 10.2. The van der Waals surface area contributed by atoms with Crippen LogP contribution >= 0.6 is 0 Å². The van der Waals surface area contributed by atoms with Crippen molar-refractivity contribution in [2.75, 3.05) is 13.2 Å². The minimum Gasteiger partial charge on any atom is -0.462 e. The van der Waals surface area contributed by atoms with Gasteiger partial charge in [-0.05, 0) is 31.5 Å². The normalized spacial score (nSPS) is 10.7. The lowest BCUT2D eigenvalue weighted by atomic mass is 10.1. The fourth-order valence-corrected chi connectivity index (χ4v) is 2.36. The summed E-state index contributed by atoms with van der Waals surface area (Å²) in [5.74, 6) is -0.821. The maximum Gasteiger partial charge on any atom is 0.355 e. The van der Waals surface area contributed by atoms with Gasteiger partial charge in [-0.1, -0.05) is 13.3 Å². The van der Waals surface area contributed by atoms with E-state index in [9.17, 15) is 9.59 Å². The van der Waals surface area contributed by atoms with Gasteiger partial charge in [0, 0.05) is 23.0 Å². The van der Waals surface area contributed by atoms with E-state index in [0.717, 1.165) is 23.7 Å². The van der Waals surface area contributed by atoms with Crippen molar-refractivity contribution in [2.45, 2.75) is 33.2 Å².